The number of amides is 3. The molecule has 1 heterocycles. The lowest BCUT2D eigenvalue weighted by molar-refractivity contribution is -0.127. The first-order valence-corrected chi connectivity index (χ1v) is 14.5. The van der Waals surface area contributed by atoms with Gasteiger partial charge in [-0.15, -0.1) is 0 Å². The van der Waals surface area contributed by atoms with Crippen molar-refractivity contribution >= 4 is 100.0 Å². The van der Waals surface area contributed by atoms with E-state index in [0.29, 0.717) is 43.3 Å². The van der Waals surface area contributed by atoms with E-state index in [-0.39, 0.29) is 4.91 Å². The average Bonchev–Trinajstić information content (AvgIpc) is 3.13. The Hall–Kier alpha value is -2.31. The van der Waals surface area contributed by atoms with Crippen molar-refractivity contribution in [2.24, 2.45) is 0 Å². The summed E-state index contributed by atoms with van der Waals surface area (Å²) in [7, 11) is 1.52. The van der Waals surface area contributed by atoms with Crippen LogP contribution in [-0.4, -0.2) is 35.6 Å². The van der Waals surface area contributed by atoms with Crippen LogP contribution in [0, 0.1) is 0 Å². The molecule has 0 radical (unpaired) electrons. The molecule has 0 spiro atoms. The number of halogens is 4. The van der Waals surface area contributed by atoms with Gasteiger partial charge >= 0.3 is 0 Å². The Balaban J connectivity index is 1.46. The maximum absolute atomic E-state index is 12.9. The van der Waals surface area contributed by atoms with Crippen LogP contribution in [-0.2, 0) is 16.2 Å². The number of rotatable bonds is 8. The smallest absolute Gasteiger partial charge is 0.294 e. The Morgan fingerprint density at radius 3 is 2.47 bits per heavy atom. The molecule has 1 aliphatic heterocycles. The fourth-order valence-corrected chi connectivity index (χ4v) is 5.51. The van der Waals surface area contributed by atoms with Gasteiger partial charge < -0.3 is 14.8 Å². The molecule has 0 atom stereocenters. The zero-order valence-electron chi connectivity index (χ0n) is 19.6. The second-order valence-electron chi connectivity index (χ2n) is 7.89. The molecule has 1 N–H and O–H groups in total. The Labute approximate surface area is 253 Å². The molecule has 3 aromatic carbocycles. The van der Waals surface area contributed by atoms with Gasteiger partial charge in [-0.2, -0.15) is 0 Å². The molecule has 1 aliphatic rings. The van der Waals surface area contributed by atoms with Crippen LogP contribution in [0.1, 0.15) is 11.1 Å². The van der Waals surface area contributed by atoms with Crippen LogP contribution in [0.3, 0.4) is 0 Å². The second kappa shape index (κ2) is 12.7. The Morgan fingerprint density at radius 2 is 1.79 bits per heavy atom. The van der Waals surface area contributed by atoms with Gasteiger partial charge in [0.2, 0.25) is 5.91 Å². The summed E-state index contributed by atoms with van der Waals surface area (Å²) in [5, 5.41) is 2.52. The van der Waals surface area contributed by atoms with E-state index >= 15 is 0 Å². The van der Waals surface area contributed by atoms with Crippen molar-refractivity contribution in [3.63, 3.8) is 0 Å². The van der Waals surface area contributed by atoms with Crippen LogP contribution in [0.2, 0.25) is 5.02 Å². The lowest BCUT2D eigenvalue weighted by Crippen LogP contribution is -2.36. The van der Waals surface area contributed by atoms with Crippen LogP contribution >= 0.6 is 71.2 Å². The molecule has 12 heteroatoms. The molecule has 0 bridgehead atoms. The van der Waals surface area contributed by atoms with Gasteiger partial charge in [-0.05, 0) is 103 Å². The average molecular weight is 746 g/mol. The second-order valence-corrected chi connectivity index (χ2v) is 11.9. The predicted octanol–water partition coefficient (Wildman–Crippen LogP) is 7.89. The third-order valence-electron chi connectivity index (χ3n) is 5.22. The van der Waals surface area contributed by atoms with Gasteiger partial charge in [0.15, 0.2) is 11.5 Å². The van der Waals surface area contributed by atoms with Crippen LogP contribution in [0.5, 0.6) is 11.5 Å². The molecular formula is C26H18Br3ClN2O5S. The van der Waals surface area contributed by atoms with Crippen molar-refractivity contribution < 1.29 is 23.9 Å². The minimum absolute atomic E-state index is 0.187. The highest BCUT2D eigenvalue weighted by Crippen LogP contribution is 2.39. The molecule has 0 saturated carbocycles. The van der Waals surface area contributed by atoms with Gasteiger partial charge in [0.25, 0.3) is 11.1 Å². The van der Waals surface area contributed by atoms with Crippen molar-refractivity contribution in [2.45, 2.75) is 6.61 Å². The number of hydrogen-bond acceptors (Lipinski definition) is 6. The molecule has 0 aliphatic carbocycles. The van der Waals surface area contributed by atoms with Gasteiger partial charge in [0, 0.05) is 14.6 Å². The van der Waals surface area contributed by atoms with Gasteiger partial charge in [0.1, 0.15) is 13.2 Å². The molecule has 3 amide bonds. The van der Waals surface area contributed by atoms with Gasteiger partial charge in [-0.1, -0.05) is 39.7 Å². The van der Waals surface area contributed by atoms with E-state index < -0.39 is 23.6 Å². The third-order valence-corrected chi connectivity index (χ3v) is 8.48. The minimum atomic E-state index is -0.561. The summed E-state index contributed by atoms with van der Waals surface area (Å²) in [6, 6.07) is 16.1. The number of ether oxygens (including phenoxy) is 2. The van der Waals surface area contributed by atoms with E-state index in [1.165, 1.54) is 7.11 Å². The van der Waals surface area contributed by atoms with Crippen molar-refractivity contribution in [1.29, 1.82) is 0 Å². The fraction of sp³-hybridized carbons (Fsp3) is 0.115. The van der Waals surface area contributed by atoms with Crippen LogP contribution in [0.25, 0.3) is 6.08 Å². The molecule has 4 rings (SSSR count). The first-order valence-electron chi connectivity index (χ1n) is 10.9. The van der Waals surface area contributed by atoms with E-state index in [9.17, 15) is 14.4 Å². The van der Waals surface area contributed by atoms with Crippen molar-refractivity contribution in [3.8, 4) is 11.5 Å². The monoisotopic (exact) mass is 742 g/mol. The van der Waals surface area contributed by atoms with E-state index in [1.54, 1.807) is 36.4 Å². The van der Waals surface area contributed by atoms with E-state index in [1.807, 2.05) is 24.3 Å². The summed E-state index contributed by atoms with van der Waals surface area (Å²) < 4.78 is 13.8. The van der Waals surface area contributed by atoms with Crippen LogP contribution < -0.4 is 14.8 Å². The molecule has 0 unspecified atom stereocenters. The zero-order valence-corrected chi connectivity index (χ0v) is 25.9. The Bertz CT molecular complexity index is 1450. The van der Waals surface area contributed by atoms with Crippen LogP contribution in [0.15, 0.2) is 72.9 Å². The van der Waals surface area contributed by atoms with E-state index in [4.69, 9.17) is 21.1 Å². The Morgan fingerprint density at radius 1 is 1.05 bits per heavy atom. The summed E-state index contributed by atoms with van der Waals surface area (Å²) in [5.74, 6) is -0.127. The highest BCUT2D eigenvalue weighted by molar-refractivity contribution is 9.11. The van der Waals surface area contributed by atoms with Crippen LogP contribution in [0.4, 0.5) is 10.5 Å². The van der Waals surface area contributed by atoms with Gasteiger partial charge in [-0.3, -0.25) is 19.3 Å². The fourth-order valence-electron chi connectivity index (χ4n) is 3.40. The first kappa shape index (κ1) is 28.7. The number of carbonyl (C=O) groups is 3. The highest BCUT2D eigenvalue weighted by Gasteiger charge is 2.36. The molecular weight excluding hydrogens is 728 g/mol. The molecule has 3 aromatic rings. The number of benzene rings is 3. The number of methoxy groups -OCH3 is 1. The maximum Gasteiger partial charge on any atom is 0.294 e. The standard InChI is InChI=1S/C26H18Br3ClN2O5S/c1-36-21-9-15(8-19(29)24(21)37-13-14-2-4-16(27)5-3-14)10-22-25(34)32(26(35)38-22)12-23(33)31-17-6-7-18(28)20(30)11-17/h2-11H,12-13H2,1H3,(H,31,33)/b22-10+. The number of imide groups is 1. The lowest BCUT2D eigenvalue weighted by atomic mass is 10.1. The lowest BCUT2D eigenvalue weighted by Gasteiger charge is -2.14. The molecule has 38 heavy (non-hydrogen) atoms. The van der Waals surface area contributed by atoms with Gasteiger partial charge in [-0.25, -0.2) is 0 Å². The topological polar surface area (TPSA) is 84.9 Å². The normalized spacial score (nSPS) is 14.2. The number of carbonyl (C=O) groups excluding carboxylic acids is 3. The zero-order chi connectivity index (χ0) is 27.4. The number of nitrogens with one attached hydrogen (secondary N) is 1. The van der Waals surface area contributed by atoms with Crippen molar-refractivity contribution in [1.82, 2.24) is 4.90 Å². The molecule has 1 saturated heterocycles. The molecule has 0 aromatic heterocycles. The summed E-state index contributed by atoms with van der Waals surface area (Å²) >= 11 is 17.0. The summed E-state index contributed by atoms with van der Waals surface area (Å²) in [6.07, 6.45) is 1.57. The number of hydrogen-bond donors (Lipinski definition) is 1. The maximum atomic E-state index is 12.9. The highest BCUT2D eigenvalue weighted by atomic mass is 79.9. The summed E-state index contributed by atoms with van der Waals surface area (Å²) in [6.45, 7) is -0.0967. The quantitative estimate of drug-likeness (QED) is 0.236. The number of anilines is 1. The predicted molar refractivity (Wildman–Crippen MR) is 160 cm³/mol. The van der Waals surface area contributed by atoms with Gasteiger partial charge in [0.05, 0.1) is 21.5 Å². The van der Waals surface area contributed by atoms with E-state index in [2.05, 4.69) is 53.1 Å². The largest absolute Gasteiger partial charge is 0.493 e. The first-order chi connectivity index (χ1) is 18.1. The summed E-state index contributed by atoms with van der Waals surface area (Å²) in [4.78, 5) is 39.0. The Kier molecular flexibility index (Phi) is 9.59. The molecule has 196 valence electrons. The minimum Gasteiger partial charge on any atom is -0.493 e. The van der Waals surface area contributed by atoms with Crippen molar-refractivity contribution in [3.05, 3.63) is 89.1 Å². The molecule has 1 fully saturated rings. The van der Waals surface area contributed by atoms with Crippen molar-refractivity contribution in [2.75, 3.05) is 19.0 Å². The van der Waals surface area contributed by atoms with E-state index in [0.717, 1.165) is 26.7 Å². The third kappa shape index (κ3) is 7.01. The summed E-state index contributed by atoms with van der Waals surface area (Å²) in [5.41, 5.74) is 2.04. The SMILES string of the molecule is COc1cc(/C=C2/SC(=O)N(CC(=O)Nc3ccc(Br)c(Cl)c3)C2=O)cc(Br)c1OCc1ccc(Br)cc1. The molecule has 7 nitrogen and oxygen atoms in total. The number of nitrogens with zero attached hydrogens (tertiary/aromatic N) is 1. The number of thioether (sulfide) groups is 1.